The zero-order valence-electron chi connectivity index (χ0n) is 9.08. The standard InChI is InChI=1S/C7H6O2.C5H7N3/c8-5-6-3-1-2-4-7(6)9;6-4-2-1-3-8-5(4)7/h1-5,9H;1-3H,6H2,(H2,7,8). The van der Waals surface area contributed by atoms with E-state index in [1.54, 1.807) is 36.5 Å². The number of aromatic nitrogens is 1. The number of hydrogen-bond acceptors (Lipinski definition) is 5. The van der Waals surface area contributed by atoms with Crippen LogP contribution in [0, 0.1) is 0 Å². The van der Waals surface area contributed by atoms with Gasteiger partial charge in [0, 0.05) is 6.20 Å². The Kier molecular flexibility index (Phi) is 4.50. The highest BCUT2D eigenvalue weighted by molar-refractivity contribution is 5.78. The van der Waals surface area contributed by atoms with Crippen molar-refractivity contribution < 1.29 is 9.90 Å². The molecule has 17 heavy (non-hydrogen) atoms. The number of aromatic hydroxyl groups is 1. The third-order valence-corrected chi connectivity index (χ3v) is 1.93. The lowest BCUT2D eigenvalue weighted by Crippen LogP contribution is -1.95. The Morgan fingerprint density at radius 3 is 2.24 bits per heavy atom. The van der Waals surface area contributed by atoms with E-state index in [1.165, 1.54) is 6.07 Å². The van der Waals surface area contributed by atoms with Crippen LogP contribution in [0.3, 0.4) is 0 Å². The molecule has 0 aliphatic rings. The van der Waals surface area contributed by atoms with Gasteiger partial charge in [0.2, 0.25) is 0 Å². The van der Waals surface area contributed by atoms with Crippen LogP contribution in [-0.2, 0) is 0 Å². The molecular formula is C12H13N3O2. The zero-order valence-corrected chi connectivity index (χ0v) is 9.08. The summed E-state index contributed by atoms with van der Waals surface area (Å²) < 4.78 is 0. The minimum Gasteiger partial charge on any atom is -0.507 e. The van der Waals surface area contributed by atoms with Crippen molar-refractivity contribution in [2.75, 3.05) is 11.5 Å². The maximum atomic E-state index is 10.1. The molecule has 1 aromatic carbocycles. The maximum absolute atomic E-state index is 10.1. The van der Waals surface area contributed by atoms with Crippen molar-refractivity contribution in [1.82, 2.24) is 4.98 Å². The molecule has 2 rings (SSSR count). The molecule has 0 spiro atoms. The van der Waals surface area contributed by atoms with Crippen LogP contribution in [0.5, 0.6) is 5.75 Å². The fourth-order valence-electron chi connectivity index (χ4n) is 1.02. The zero-order chi connectivity index (χ0) is 12.7. The van der Waals surface area contributed by atoms with Crippen molar-refractivity contribution in [3.8, 4) is 5.75 Å². The van der Waals surface area contributed by atoms with Gasteiger partial charge in [-0.2, -0.15) is 0 Å². The molecule has 0 aliphatic carbocycles. The summed E-state index contributed by atoms with van der Waals surface area (Å²) in [4.78, 5) is 13.8. The quantitative estimate of drug-likeness (QED) is 0.644. The molecule has 2 aromatic rings. The van der Waals surface area contributed by atoms with E-state index >= 15 is 0 Å². The van der Waals surface area contributed by atoms with Gasteiger partial charge < -0.3 is 16.6 Å². The van der Waals surface area contributed by atoms with Crippen LogP contribution >= 0.6 is 0 Å². The van der Waals surface area contributed by atoms with Crippen molar-refractivity contribution in [3.05, 3.63) is 48.2 Å². The molecule has 1 aromatic heterocycles. The number of phenols is 1. The summed E-state index contributed by atoms with van der Waals surface area (Å²) in [7, 11) is 0. The van der Waals surface area contributed by atoms with E-state index in [1.807, 2.05) is 0 Å². The number of carbonyl (C=O) groups excluding carboxylic acids is 1. The third-order valence-electron chi connectivity index (χ3n) is 1.93. The molecule has 0 fully saturated rings. The SMILES string of the molecule is Nc1cccnc1N.O=Cc1ccccc1O. The third kappa shape index (κ3) is 3.83. The van der Waals surface area contributed by atoms with Crippen LogP contribution in [-0.4, -0.2) is 16.4 Å². The summed E-state index contributed by atoms with van der Waals surface area (Å²) in [6.45, 7) is 0. The first kappa shape index (κ1) is 12.5. The van der Waals surface area contributed by atoms with Gasteiger partial charge in [-0.1, -0.05) is 12.1 Å². The lowest BCUT2D eigenvalue weighted by molar-refractivity contribution is 0.112. The minimum absolute atomic E-state index is 0.0347. The Labute approximate surface area is 98.7 Å². The molecule has 0 aliphatic heterocycles. The Hall–Kier alpha value is -2.56. The highest BCUT2D eigenvalue weighted by Crippen LogP contribution is 2.11. The van der Waals surface area contributed by atoms with E-state index in [2.05, 4.69) is 4.98 Å². The largest absolute Gasteiger partial charge is 0.507 e. The Morgan fingerprint density at radius 1 is 1.12 bits per heavy atom. The van der Waals surface area contributed by atoms with Crippen molar-refractivity contribution in [3.63, 3.8) is 0 Å². The molecule has 0 bridgehead atoms. The van der Waals surface area contributed by atoms with Gasteiger partial charge in [-0.05, 0) is 24.3 Å². The number of carbonyl (C=O) groups is 1. The number of nitrogens with two attached hydrogens (primary N) is 2. The molecule has 5 heteroatoms. The minimum atomic E-state index is 0.0347. The van der Waals surface area contributed by atoms with E-state index in [4.69, 9.17) is 16.6 Å². The van der Waals surface area contributed by atoms with Gasteiger partial charge in [0.05, 0.1) is 11.3 Å². The summed E-state index contributed by atoms with van der Waals surface area (Å²) in [6, 6.07) is 9.85. The van der Waals surface area contributed by atoms with Crippen molar-refractivity contribution >= 4 is 17.8 Å². The molecule has 5 N–H and O–H groups in total. The van der Waals surface area contributed by atoms with Crippen LogP contribution in [0.1, 0.15) is 10.4 Å². The van der Waals surface area contributed by atoms with Gasteiger partial charge in [0.15, 0.2) is 6.29 Å². The Balaban J connectivity index is 0.000000171. The number of aldehydes is 1. The summed E-state index contributed by atoms with van der Waals surface area (Å²) in [5.41, 5.74) is 11.5. The molecule has 88 valence electrons. The second kappa shape index (κ2) is 6.12. The predicted molar refractivity (Wildman–Crippen MR) is 66.6 cm³/mol. The normalized spacial score (nSPS) is 8.94. The molecule has 0 saturated heterocycles. The van der Waals surface area contributed by atoms with E-state index in [-0.39, 0.29) is 5.75 Å². The van der Waals surface area contributed by atoms with Crippen LogP contribution in [0.15, 0.2) is 42.6 Å². The van der Waals surface area contributed by atoms with E-state index in [0.717, 1.165) is 0 Å². The fraction of sp³-hybridized carbons (Fsp3) is 0. The number of pyridine rings is 1. The van der Waals surface area contributed by atoms with E-state index < -0.39 is 0 Å². The highest BCUT2D eigenvalue weighted by atomic mass is 16.3. The first-order valence-electron chi connectivity index (χ1n) is 4.84. The average molecular weight is 231 g/mol. The molecule has 0 unspecified atom stereocenters. The number of rotatable bonds is 1. The first-order valence-corrected chi connectivity index (χ1v) is 4.84. The lowest BCUT2D eigenvalue weighted by Gasteiger charge is -1.92. The summed E-state index contributed by atoms with van der Waals surface area (Å²) in [5.74, 6) is 0.431. The Bertz CT molecular complexity index is 480. The summed E-state index contributed by atoms with van der Waals surface area (Å²) in [6.07, 6.45) is 2.22. The molecule has 0 radical (unpaired) electrons. The van der Waals surface area contributed by atoms with Crippen LogP contribution in [0.25, 0.3) is 0 Å². The molecule has 0 amide bonds. The topological polar surface area (TPSA) is 102 Å². The Morgan fingerprint density at radius 2 is 1.82 bits per heavy atom. The van der Waals surface area contributed by atoms with Gasteiger partial charge in [-0.25, -0.2) is 4.98 Å². The fourth-order valence-corrected chi connectivity index (χ4v) is 1.02. The van der Waals surface area contributed by atoms with Crippen molar-refractivity contribution in [1.29, 1.82) is 0 Å². The van der Waals surface area contributed by atoms with Crippen LogP contribution in [0.4, 0.5) is 11.5 Å². The predicted octanol–water partition coefficient (Wildman–Crippen LogP) is 1.45. The number of para-hydroxylation sites is 1. The summed E-state index contributed by atoms with van der Waals surface area (Å²) in [5, 5.41) is 8.88. The molecule has 0 saturated carbocycles. The van der Waals surface area contributed by atoms with E-state index in [0.29, 0.717) is 23.4 Å². The van der Waals surface area contributed by atoms with E-state index in [9.17, 15) is 4.79 Å². The van der Waals surface area contributed by atoms with Gasteiger partial charge in [-0.3, -0.25) is 4.79 Å². The first-order chi connectivity index (χ1) is 8.15. The number of benzene rings is 1. The van der Waals surface area contributed by atoms with Gasteiger partial charge in [0.1, 0.15) is 11.6 Å². The highest BCUT2D eigenvalue weighted by Gasteiger charge is 1.93. The van der Waals surface area contributed by atoms with Crippen molar-refractivity contribution in [2.45, 2.75) is 0 Å². The second-order valence-electron chi connectivity index (χ2n) is 3.15. The molecule has 5 nitrogen and oxygen atoms in total. The van der Waals surface area contributed by atoms with Gasteiger partial charge in [-0.15, -0.1) is 0 Å². The monoisotopic (exact) mass is 231 g/mol. The van der Waals surface area contributed by atoms with Crippen LogP contribution < -0.4 is 11.5 Å². The molecular weight excluding hydrogens is 218 g/mol. The van der Waals surface area contributed by atoms with Crippen molar-refractivity contribution in [2.24, 2.45) is 0 Å². The maximum Gasteiger partial charge on any atom is 0.153 e. The molecule has 0 atom stereocenters. The average Bonchev–Trinajstić information content (AvgIpc) is 2.34. The molecule has 1 heterocycles. The van der Waals surface area contributed by atoms with Crippen LogP contribution in [0.2, 0.25) is 0 Å². The van der Waals surface area contributed by atoms with Gasteiger partial charge >= 0.3 is 0 Å². The number of hydrogen-bond donors (Lipinski definition) is 3. The number of nitrogen functional groups attached to an aromatic ring is 2. The number of phenolic OH excluding ortho intramolecular Hbond substituents is 1. The number of nitrogens with zero attached hydrogens (tertiary/aromatic N) is 1. The second-order valence-corrected chi connectivity index (χ2v) is 3.15. The summed E-state index contributed by atoms with van der Waals surface area (Å²) >= 11 is 0. The van der Waals surface area contributed by atoms with Gasteiger partial charge in [0.25, 0.3) is 0 Å². The lowest BCUT2D eigenvalue weighted by atomic mass is 10.2. The smallest absolute Gasteiger partial charge is 0.153 e. The number of anilines is 2.